The smallest absolute Gasteiger partial charge is 0.126 e. The molecule has 0 fully saturated rings. The molecule has 0 bridgehead atoms. The van der Waals surface area contributed by atoms with Crippen molar-refractivity contribution in [3.63, 3.8) is 0 Å². The molecule has 0 aliphatic heterocycles. The Balaban J connectivity index is 2.19. The lowest BCUT2D eigenvalue weighted by molar-refractivity contribution is -0.107. The minimum absolute atomic E-state index is 0.570. The van der Waals surface area contributed by atoms with Crippen molar-refractivity contribution in [1.82, 2.24) is 9.97 Å². The summed E-state index contributed by atoms with van der Waals surface area (Å²) < 4.78 is 0. The average Bonchev–Trinajstić information content (AvgIpc) is 2.45. The summed E-state index contributed by atoms with van der Waals surface area (Å²) >= 11 is 5.63. The van der Waals surface area contributed by atoms with E-state index in [2.05, 4.69) is 9.97 Å². The first-order valence-electron chi connectivity index (χ1n) is 3.96. The monoisotopic (exact) mass is 186 g/mol. The maximum Gasteiger partial charge on any atom is 0.126 e. The molecule has 0 atom stereocenters. The summed E-state index contributed by atoms with van der Waals surface area (Å²) in [6, 6.07) is 0. The third-order valence-electron chi connectivity index (χ3n) is 1.58. The van der Waals surface area contributed by atoms with Crippen molar-refractivity contribution < 1.29 is 4.79 Å². The summed E-state index contributed by atoms with van der Waals surface area (Å²) in [5.41, 5.74) is 0. The first kappa shape index (κ1) is 9.26. The Bertz CT molecular complexity index is 247. The van der Waals surface area contributed by atoms with Crippen molar-refractivity contribution in [3.05, 3.63) is 17.2 Å². The highest BCUT2D eigenvalue weighted by Gasteiger charge is 1.97. The molecule has 66 valence electrons. The number of hydrogen-bond donors (Lipinski definition) is 1. The van der Waals surface area contributed by atoms with Crippen LogP contribution in [0.1, 0.15) is 25.1 Å². The van der Waals surface area contributed by atoms with E-state index in [1.165, 1.54) is 0 Å². The molecule has 0 saturated heterocycles. The Labute approximate surface area is 76.1 Å². The normalized spacial score (nSPS) is 10.1. The van der Waals surface area contributed by atoms with E-state index in [1.807, 2.05) is 0 Å². The second-order valence-electron chi connectivity index (χ2n) is 2.59. The maximum absolute atomic E-state index is 9.98. The number of aromatic amines is 1. The molecule has 12 heavy (non-hydrogen) atoms. The first-order valence-corrected chi connectivity index (χ1v) is 4.33. The second kappa shape index (κ2) is 4.93. The Kier molecular flexibility index (Phi) is 3.80. The van der Waals surface area contributed by atoms with Crippen LogP contribution in [0.2, 0.25) is 5.15 Å². The fourth-order valence-corrected chi connectivity index (χ4v) is 1.14. The molecular formula is C8H11ClN2O. The Morgan fingerprint density at radius 3 is 3.00 bits per heavy atom. The van der Waals surface area contributed by atoms with Gasteiger partial charge in [0.15, 0.2) is 0 Å². The fraction of sp³-hybridized carbons (Fsp3) is 0.500. The van der Waals surface area contributed by atoms with Crippen LogP contribution in [0.25, 0.3) is 0 Å². The van der Waals surface area contributed by atoms with E-state index in [9.17, 15) is 4.79 Å². The van der Waals surface area contributed by atoms with Crippen LogP contribution in [0.3, 0.4) is 0 Å². The third kappa shape index (κ3) is 3.05. The molecule has 1 N–H and O–H groups in total. The van der Waals surface area contributed by atoms with Gasteiger partial charge in [0.25, 0.3) is 0 Å². The van der Waals surface area contributed by atoms with Gasteiger partial charge in [-0.15, -0.1) is 0 Å². The standard InChI is InChI=1S/C8H11ClN2O/c9-7-6-10-8(11-7)4-2-1-3-5-12/h5-6H,1-4H2,(H,10,11). The van der Waals surface area contributed by atoms with Crippen LogP contribution in [0.5, 0.6) is 0 Å². The van der Waals surface area contributed by atoms with Crippen molar-refractivity contribution in [2.45, 2.75) is 25.7 Å². The number of imidazole rings is 1. The Morgan fingerprint density at radius 2 is 2.42 bits per heavy atom. The van der Waals surface area contributed by atoms with Gasteiger partial charge in [0, 0.05) is 12.8 Å². The van der Waals surface area contributed by atoms with Gasteiger partial charge < -0.3 is 9.78 Å². The first-order chi connectivity index (χ1) is 5.83. The number of aryl methyl sites for hydroxylation is 1. The highest BCUT2D eigenvalue weighted by Crippen LogP contribution is 2.06. The van der Waals surface area contributed by atoms with E-state index in [0.29, 0.717) is 11.6 Å². The van der Waals surface area contributed by atoms with Crippen molar-refractivity contribution in [2.75, 3.05) is 0 Å². The predicted molar refractivity (Wildman–Crippen MR) is 47.2 cm³/mol. The largest absolute Gasteiger partial charge is 0.333 e. The number of halogens is 1. The molecule has 4 heteroatoms. The van der Waals surface area contributed by atoms with E-state index in [1.54, 1.807) is 6.20 Å². The molecule has 0 unspecified atom stereocenters. The van der Waals surface area contributed by atoms with Gasteiger partial charge in [0.05, 0.1) is 6.20 Å². The number of nitrogens with one attached hydrogen (secondary N) is 1. The zero-order chi connectivity index (χ0) is 8.81. The Morgan fingerprint density at radius 1 is 1.58 bits per heavy atom. The zero-order valence-electron chi connectivity index (χ0n) is 6.72. The lowest BCUT2D eigenvalue weighted by atomic mass is 10.2. The van der Waals surface area contributed by atoms with Gasteiger partial charge in [-0.1, -0.05) is 11.6 Å². The molecule has 3 nitrogen and oxygen atoms in total. The highest BCUT2D eigenvalue weighted by atomic mass is 35.5. The lowest BCUT2D eigenvalue weighted by Gasteiger charge is -1.93. The fourth-order valence-electron chi connectivity index (χ4n) is 0.984. The van der Waals surface area contributed by atoms with E-state index >= 15 is 0 Å². The van der Waals surface area contributed by atoms with Gasteiger partial charge in [-0.05, 0) is 12.8 Å². The molecule has 1 aromatic rings. The molecule has 0 saturated carbocycles. The molecule has 0 aromatic carbocycles. The summed E-state index contributed by atoms with van der Waals surface area (Å²) in [7, 11) is 0. The molecule has 0 radical (unpaired) electrons. The van der Waals surface area contributed by atoms with Crippen molar-refractivity contribution in [1.29, 1.82) is 0 Å². The van der Waals surface area contributed by atoms with Crippen LogP contribution in [0.4, 0.5) is 0 Å². The molecule has 0 amide bonds. The number of carbonyl (C=O) groups is 1. The summed E-state index contributed by atoms with van der Waals surface area (Å²) in [5, 5.41) is 0.570. The van der Waals surface area contributed by atoms with Gasteiger partial charge in [0.1, 0.15) is 17.3 Å². The van der Waals surface area contributed by atoms with Crippen molar-refractivity contribution in [2.24, 2.45) is 0 Å². The van der Waals surface area contributed by atoms with Crippen molar-refractivity contribution in [3.8, 4) is 0 Å². The third-order valence-corrected chi connectivity index (χ3v) is 1.78. The van der Waals surface area contributed by atoms with Crippen LogP contribution in [-0.2, 0) is 11.2 Å². The summed E-state index contributed by atoms with van der Waals surface area (Å²) in [5.74, 6) is 0.894. The van der Waals surface area contributed by atoms with E-state index in [0.717, 1.165) is 31.4 Å². The van der Waals surface area contributed by atoms with E-state index in [4.69, 9.17) is 11.6 Å². The SMILES string of the molecule is O=CCCCCc1ncc(Cl)[nH]1. The summed E-state index contributed by atoms with van der Waals surface area (Å²) in [6.45, 7) is 0. The van der Waals surface area contributed by atoms with Gasteiger partial charge in [-0.2, -0.15) is 0 Å². The number of nitrogens with zero attached hydrogens (tertiary/aromatic N) is 1. The summed E-state index contributed by atoms with van der Waals surface area (Å²) in [4.78, 5) is 16.9. The van der Waals surface area contributed by atoms with Crippen LogP contribution in [-0.4, -0.2) is 16.3 Å². The molecular weight excluding hydrogens is 176 g/mol. The van der Waals surface area contributed by atoms with Crippen molar-refractivity contribution >= 4 is 17.9 Å². The number of unbranched alkanes of at least 4 members (excludes halogenated alkanes) is 2. The zero-order valence-corrected chi connectivity index (χ0v) is 7.47. The number of aldehydes is 1. The predicted octanol–water partition coefficient (Wildman–Crippen LogP) is 1.97. The Hall–Kier alpha value is -0.830. The molecule has 0 aliphatic carbocycles. The van der Waals surface area contributed by atoms with Gasteiger partial charge in [-0.25, -0.2) is 4.98 Å². The molecule has 1 heterocycles. The number of rotatable bonds is 5. The minimum atomic E-state index is 0.570. The average molecular weight is 187 g/mol. The minimum Gasteiger partial charge on any atom is -0.333 e. The molecule has 1 aromatic heterocycles. The van der Waals surface area contributed by atoms with Gasteiger partial charge in [-0.3, -0.25) is 0 Å². The van der Waals surface area contributed by atoms with Crippen LogP contribution in [0.15, 0.2) is 6.20 Å². The maximum atomic E-state index is 9.98. The molecule has 0 spiro atoms. The van der Waals surface area contributed by atoms with E-state index in [-0.39, 0.29) is 0 Å². The molecule has 1 rings (SSSR count). The number of aromatic nitrogens is 2. The topological polar surface area (TPSA) is 45.8 Å². The van der Waals surface area contributed by atoms with Gasteiger partial charge >= 0.3 is 0 Å². The quantitative estimate of drug-likeness (QED) is 0.565. The van der Waals surface area contributed by atoms with Crippen LogP contribution >= 0.6 is 11.6 Å². The number of carbonyl (C=O) groups excluding carboxylic acids is 1. The van der Waals surface area contributed by atoms with Gasteiger partial charge in [0.2, 0.25) is 0 Å². The second-order valence-corrected chi connectivity index (χ2v) is 3.00. The summed E-state index contributed by atoms with van der Waals surface area (Å²) in [6.07, 6.45) is 5.92. The van der Waals surface area contributed by atoms with Crippen LogP contribution in [0, 0.1) is 0 Å². The lowest BCUT2D eigenvalue weighted by Crippen LogP contribution is -1.88. The van der Waals surface area contributed by atoms with E-state index < -0.39 is 0 Å². The number of hydrogen-bond acceptors (Lipinski definition) is 2. The highest BCUT2D eigenvalue weighted by molar-refractivity contribution is 6.29. The van der Waals surface area contributed by atoms with Crippen LogP contribution < -0.4 is 0 Å². The molecule has 0 aliphatic rings. The number of H-pyrrole nitrogens is 1.